The monoisotopic (exact) mass is 733 g/mol. The maximum atomic E-state index is 12.0. The predicted octanol–water partition coefficient (Wildman–Crippen LogP) is 11.3. The topological polar surface area (TPSA) is 113 Å². The Balaban J connectivity index is 3.62. The summed E-state index contributed by atoms with van der Waals surface area (Å²) in [6, 6.07) is 0. The van der Waals surface area contributed by atoms with Gasteiger partial charge >= 0.3 is 11.9 Å². The summed E-state index contributed by atoms with van der Waals surface area (Å²) in [6.45, 7) is 4.02. The molecule has 0 saturated carbocycles. The Morgan fingerprint density at radius 1 is 0.462 bits per heavy atom. The molecule has 0 fully saturated rings. The number of carbonyl (C=O) groups excluding carboxylic acids is 2. The molecular formula is C45H80O7. The average molecular weight is 733 g/mol. The van der Waals surface area contributed by atoms with E-state index in [9.17, 15) is 24.9 Å². The fourth-order valence-electron chi connectivity index (χ4n) is 5.95. The van der Waals surface area contributed by atoms with Gasteiger partial charge < -0.3 is 24.8 Å². The van der Waals surface area contributed by atoms with E-state index in [1.807, 2.05) is 36.5 Å². The summed E-state index contributed by atoms with van der Waals surface area (Å²) in [5.41, 5.74) is 0. The Labute approximate surface area is 319 Å². The summed E-state index contributed by atoms with van der Waals surface area (Å²) in [6.07, 6.45) is 43.9. The SMILES string of the molecule is CCCCCCCCCCCCCCCCCCCCCC(=O)OC[C@H](O)COC(=O)CCC[C@@H](O)/C=C/C=C\C/C=C\C=C\[C@@H](O)CCCCC. The zero-order valence-electron chi connectivity index (χ0n) is 33.5. The van der Waals surface area contributed by atoms with Gasteiger partial charge in [-0.3, -0.25) is 9.59 Å². The first kappa shape index (κ1) is 49.8. The van der Waals surface area contributed by atoms with Crippen molar-refractivity contribution >= 4 is 11.9 Å². The molecule has 7 heteroatoms. The van der Waals surface area contributed by atoms with E-state index in [2.05, 4.69) is 13.8 Å². The Morgan fingerprint density at radius 2 is 0.808 bits per heavy atom. The van der Waals surface area contributed by atoms with Crippen molar-refractivity contribution in [3.8, 4) is 0 Å². The van der Waals surface area contributed by atoms with E-state index in [1.165, 1.54) is 103 Å². The number of unbranched alkanes of at least 4 members (excludes halogenated alkanes) is 20. The van der Waals surface area contributed by atoms with Gasteiger partial charge in [0.15, 0.2) is 0 Å². The molecule has 0 aromatic carbocycles. The van der Waals surface area contributed by atoms with Gasteiger partial charge in [-0.15, -0.1) is 0 Å². The van der Waals surface area contributed by atoms with E-state index < -0.39 is 18.2 Å². The number of ether oxygens (including phenoxy) is 2. The van der Waals surface area contributed by atoms with Crippen molar-refractivity contribution in [3.63, 3.8) is 0 Å². The van der Waals surface area contributed by atoms with E-state index in [0.29, 0.717) is 19.3 Å². The molecule has 0 aliphatic rings. The number of rotatable bonds is 38. The number of hydrogen-bond donors (Lipinski definition) is 3. The minimum Gasteiger partial charge on any atom is -0.463 e. The van der Waals surface area contributed by atoms with Crippen LogP contribution in [0.15, 0.2) is 48.6 Å². The summed E-state index contributed by atoms with van der Waals surface area (Å²) in [5, 5.41) is 30.0. The number of esters is 2. The first-order valence-electron chi connectivity index (χ1n) is 21.4. The van der Waals surface area contributed by atoms with Gasteiger partial charge in [-0.2, -0.15) is 0 Å². The van der Waals surface area contributed by atoms with Crippen molar-refractivity contribution < 1.29 is 34.4 Å². The first-order chi connectivity index (χ1) is 25.4. The highest BCUT2D eigenvalue weighted by Gasteiger charge is 2.12. The highest BCUT2D eigenvalue weighted by molar-refractivity contribution is 5.69. The van der Waals surface area contributed by atoms with Gasteiger partial charge in [-0.25, -0.2) is 0 Å². The molecule has 0 aromatic rings. The van der Waals surface area contributed by atoms with Gasteiger partial charge in [0.2, 0.25) is 0 Å². The van der Waals surface area contributed by atoms with Crippen molar-refractivity contribution in [2.75, 3.05) is 13.2 Å². The molecule has 0 amide bonds. The quantitative estimate of drug-likeness (QED) is 0.0329. The molecule has 3 atom stereocenters. The van der Waals surface area contributed by atoms with Crippen LogP contribution in [0.5, 0.6) is 0 Å². The second-order valence-electron chi connectivity index (χ2n) is 14.5. The molecule has 0 bridgehead atoms. The summed E-state index contributed by atoms with van der Waals surface area (Å²) in [5.74, 6) is -0.781. The van der Waals surface area contributed by atoms with Gasteiger partial charge in [0.1, 0.15) is 19.3 Å². The maximum Gasteiger partial charge on any atom is 0.305 e. The van der Waals surface area contributed by atoms with Crippen LogP contribution < -0.4 is 0 Å². The van der Waals surface area contributed by atoms with Crippen molar-refractivity contribution in [3.05, 3.63) is 48.6 Å². The van der Waals surface area contributed by atoms with Crippen LogP contribution in [-0.4, -0.2) is 58.8 Å². The molecule has 0 aliphatic carbocycles. The standard InChI is InChI=1S/C45H80O7/c1-3-5-7-8-9-10-11-12-13-14-15-16-17-18-19-20-24-27-31-37-44(49)51-39-43(48)40-52-45(50)38-32-36-42(47)35-30-26-23-21-22-25-29-34-41(46)33-28-6-4-2/h22-23,25-26,29-30,34-35,41-43,46-48H,3-21,24,27-28,31-33,36-40H2,1-2H3/b25-22-,26-23-,34-29+,35-30+/t41-,42-,43-/m0/s1. The molecule has 0 rings (SSSR count). The molecule has 0 aliphatic heterocycles. The highest BCUT2D eigenvalue weighted by atomic mass is 16.6. The summed E-state index contributed by atoms with van der Waals surface area (Å²) in [7, 11) is 0. The third kappa shape index (κ3) is 39.0. The molecule has 0 unspecified atom stereocenters. The van der Waals surface area contributed by atoms with Crippen LogP contribution >= 0.6 is 0 Å². The Kier molecular flexibility index (Phi) is 38.3. The normalized spacial score (nSPS) is 13.9. The molecule has 3 N–H and O–H groups in total. The number of aliphatic hydroxyl groups excluding tert-OH is 3. The van der Waals surface area contributed by atoms with Gasteiger partial charge in [0.05, 0.1) is 12.2 Å². The number of hydrogen-bond acceptors (Lipinski definition) is 7. The molecule has 0 spiro atoms. The number of aliphatic hydroxyl groups is 3. The maximum absolute atomic E-state index is 12.0. The molecule has 0 aromatic heterocycles. The van der Waals surface area contributed by atoms with Gasteiger partial charge in [-0.05, 0) is 32.1 Å². The average Bonchev–Trinajstić information content (AvgIpc) is 3.13. The Bertz CT molecular complexity index is 909. The second kappa shape index (κ2) is 40.0. The van der Waals surface area contributed by atoms with E-state index in [-0.39, 0.29) is 31.7 Å². The lowest BCUT2D eigenvalue weighted by Gasteiger charge is -2.12. The van der Waals surface area contributed by atoms with Crippen molar-refractivity contribution in [2.45, 2.75) is 212 Å². The van der Waals surface area contributed by atoms with Crippen LogP contribution in [0.3, 0.4) is 0 Å². The first-order valence-corrected chi connectivity index (χ1v) is 21.4. The Hall–Kier alpha value is -2.22. The summed E-state index contributed by atoms with van der Waals surface area (Å²) in [4.78, 5) is 24.0. The lowest BCUT2D eigenvalue weighted by molar-refractivity contribution is -0.152. The summed E-state index contributed by atoms with van der Waals surface area (Å²) < 4.78 is 10.2. The van der Waals surface area contributed by atoms with E-state index in [4.69, 9.17) is 9.47 Å². The van der Waals surface area contributed by atoms with Gasteiger partial charge in [0, 0.05) is 12.8 Å². The number of allylic oxidation sites excluding steroid dienone is 6. The zero-order chi connectivity index (χ0) is 38.2. The number of carbonyl (C=O) groups is 2. The van der Waals surface area contributed by atoms with Crippen LogP contribution in [0.25, 0.3) is 0 Å². The van der Waals surface area contributed by atoms with Crippen molar-refractivity contribution in [1.29, 1.82) is 0 Å². The van der Waals surface area contributed by atoms with E-state index in [1.54, 1.807) is 12.2 Å². The minimum absolute atomic E-state index is 0.137. The fraction of sp³-hybridized carbons (Fsp3) is 0.778. The second-order valence-corrected chi connectivity index (χ2v) is 14.5. The van der Waals surface area contributed by atoms with Crippen LogP contribution in [0.2, 0.25) is 0 Å². The molecule has 0 heterocycles. The zero-order valence-corrected chi connectivity index (χ0v) is 33.5. The van der Waals surface area contributed by atoms with Gasteiger partial charge in [0.25, 0.3) is 0 Å². The third-order valence-corrected chi connectivity index (χ3v) is 9.28. The third-order valence-electron chi connectivity index (χ3n) is 9.28. The van der Waals surface area contributed by atoms with Crippen molar-refractivity contribution in [2.24, 2.45) is 0 Å². The highest BCUT2D eigenvalue weighted by Crippen LogP contribution is 2.15. The molecule has 52 heavy (non-hydrogen) atoms. The molecule has 7 nitrogen and oxygen atoms in total. The van der Waals surface area contributed by atoms with Crippen molar-refractivity contribution in [1.82, 2.24) is 0 Å². The lowest BCUT2D eigenvalue weighted by Crippen LogP contribution is -2.25. The molecule has 0 radical (unpaired) electrons. The molecular weight excluding hydrogens is 652 g/mol. The molecule has 0 saturated heterocycles. The minimum atomic E-state index is -1.05. The van der Waals surface area contributed by atoms with Crippen LogP contribution in [0.1, 0.15) is 194 Å². The van der Waals surface area contributed by atoms with Crippen LogP contribution in [-0.2, 0) is 19.1 Å². The fourth-order valence-corrected chi connectivity index (χ4v) is 5.95. The Morgan fingerprint density at radius 3 is 1.23 bits per heavy atom. The summed E-state index contributed by atoms with van der Waals surface area (Å²) >= 11 is 0. The largest absolute Gasteiger partial charge is 0.463 e. The lowest BCUT2D eigenvalue weighted by atomic mass is 10.0. The van der Waals surface area contributed by atoms with E-state index >= 15 is 0 Å². The van der Waals surface area contributed by atoms with Gasteiger partial charge in [-0.1, -0.05) is 197 Å². The predicted molar refractivity (Wildman–Crippen MR) is 217 cm³/mol. The van der Waals surface area contributed by atoms with Crippen LogP contribution in [0.4, 0.5) is 0 Å². The van der Waals surface area contributed by atoms with Crippen LogP contribution in [0, 0.1) is 0 Å². The smallest absolute Gasteiger partial charge is 0.305 e. The molecule has 302 valence electrons. The van der Waals surface area contributed by atoms with E-state index in [0.717, 1.165) is 51.4 Å².